The van der Waals surface area contributed by atoms with Crippen LogP contribution in [-0.4, -0.2) is 46.8 Å². The number of phosphoric ester groups is 1. The number of nitrogens with zero attached hydrogens (tertiary/aromatic N) is 4. The number of aromatic nitrogens is 4. The van der Waals surface area contributed by atoms with Crippen LogP contribution in [0.15, 0.2) is 54.9 Å². The molecular weight excluding hydrogens is 569 g/mol. The van der Waals surface area contributed by atoms with Gasteiger partial charge in [0.25, 0.3) is 0 Å². The molecule has 2 unspecified atom stereocenters. The first kappa shape index (κ1) is 26.2. The van der Waals surface area contributed by atoms with Crippen LogP contribution < -0.4 is 38.5 Å². The molecule has 3 aliphatic rings. The van der Waals surface area contributed by atoms with Crippen LogP contribution in [0.5, 0.6) is 40.4 Å². The molecule has 1 aliphatic carbocycles. The van der Waals surface area contributed by atoms with E-state index in [0.717, 1.165) is 12.0 Å². The van der Waals surface area contributed by atoms with E-state index < -0.39 is 7.82 Å². The third-order valence-electron chi connectivity index (χ3n) is 7.23. The van der Waals surface area contributed by atoms with Crippen molar-refractivity contribution in [1.82, 2.24) is 19.5 Å². The van der Waals surface area contributed by atoms with Crippen LogP contribution in [0, 0.1) is 5.92 Å². The van der Waals surface area contributed by atoms with E-state index in [9.17, 15) is 4.57 Å². The maximum atomic E-state index is 14.1. The topological polar surface area (TPSA) is 161 Å². The van der Waals surface area contributed by atoms with Crippen LogP contribution in [0.3, 0.4) is 0 Å². The molecule has 2 aromatic heterocycles. The summed E-state index contributed by atoms with van der Waals surface area (Å²) in [7, 11) is -2.74. The Labute approximate surface area is 239 Å². The Bertz CT molecular complexity index is 1680. The van der Waals surface area contributed by atoms with Crippen LogP contribution in [0.2, 0.25) is 0 Å². The minimum atomic E-state index is -4.24. The molecule has 14 nitrogen and oxygen atoms in total. The Kier molecular flexibility index (Phi) is 6.43. The highest BCUT2D eigenvalue weighted by atomic mass is 31.2. The zero-order valence-corrected chi connectivity index (χ0v) is 23.3. The van der Waals surface area contributed by atoms with Gasteiger partial charge in [0.2, 0.25) is 25.4 Å². The molecule has 4 aromatic rings. The molecule has 4 heterocycles. The van der Waals surface area contributed by atoms with E-state index in [-0.39, 0.29) is 49.6 Å². The van der Waals surface area contributed by atoms with Gasteiger partial charge in [0.1, 0.15) is 11.5 Å². The summed E-state index contributed by atoms with van der Waals surface area (Å²) in [5, 5.41) is 0. The number of fused-ring (bicyclic) bond motifs is 3. The van der Waals surface area contributed by atoms with Crippen LogP contribution in [0.25, 0.3) is 11.2 Å². The normalized spacial score (nSPS) is 18.9. The second-order valence-electron chi connectivity index (χ2n) is 9.74. The summed E-state index contributed by atoms with van der Waals surface area (Å²) in [4.78, 5) is 12.9. The quantitative estimate of drug-likeness (QED) is 0.210. The molecule has 2 atom stereocenters. The lowest BCUT2D eigenvalue weighted by Crippen LogP contribution is -2.14. The summed E-state index contributed by atoms with van der Waals surface area (Å²) in [6.45, 7) is 4.52. The molecule has 7 rings (SSSR count). The second-order valence-corrected chi connectivity index (χ2v) is 11.3. The number of benzene rings is 2. The number of hydrogen-bond acceptors (Lipinski definition) is 13. The van der Waals surface area contributed by atoms with Crippen molar-refractivity contribution in [2.45, 2.75) is 18.9 Å². The average Bonchev–Trinajstić information content (AvgIpc) is 3.78. The Morgan fingerprint density at radius 3 is 2.26 bits per heavy atom. The van der Waals surface area contributed by atoms with Gasteiger partial charge in [0, 0.05) is 18.1 Å². The van der Waals surface area contributed by atoms with Crippen molar-refractivity contribution in [3.05, 3.63) is 54.9 Å². The lowest BCUT2D eigenvalue weighted by atomic mass is 10.0. The van der Waals surface area contributed by atoms with Crippen molar-refractivity contribution in [3.63, 3.8) is 0 Å². The Balaban J connectivity index is 1.11. The van der Waals surface area contributed by atoms with Gasteiger partial charge >= 0.3 is 7.82 Å². The highest BCUT2D eigenvalue weighted by Gasteiger charge is 2.37. The fraction of sp³-hybridized carbons (Fsp3) is 0.296. The van der Waals surface area contributed by atoms with E-state index in [0.29, 0.717) is 46.5 Å². The number of methoxy groups -OCH3 is 1. The summed E-state index contributed by atoms with van der Waals surface area (Å²) >= 11 is 0. The zero-order chi connectivity index (χ0) is 28.8. The molecule has 0 radical (unpaired) electrons. The van der Waals surface area contributed by atoms with Gasteiger partial charge in [0.05, 0.1) is 26.1 Å². The highest BCUT2D eigenvalue weighted by Crippen LogP contribution is 2.53. The Morgan fingerprint density at radius 1 is 0.976 bits per heavy atom. The molecule has 0 amide bonds. The zero-order valence-electron chi connectivity index (χ0n) is 22.4. The average molecular weight is 596 g/mol. The minimum absolute atomic E-state index is 0.0226. The van der Waals surface area contributed by atoms with Crippen molar-refractivity contribution in [2.75, 3.05) is 33.0 Å². The van der Waals surface area contributed by atoms with Crippen LogP contribution >= 0.6 is 7.82 Å². The third kappa shape index (κ3) is 4.78. The molecule has 2 N–H and O–H groups in total. The predicted molar refractivity (Wildman–Crippen MR) is 147 cm³/mol. The SMILES string of the molecule is C=C1C(COP(=O)(Oc2ccc3c(c2)OCO3)Oc2ccc3c(c2)OCO3)CCC1n1cnc2c(OC)nc(N)nc21. The van der Waals surface area contributed by atoms with Gasteiger partial charge in [-0.25, -0.2) is 9.55 Å². The summed E-state index contributed by atoms with van der Waals surface area (Å²) in [5.41, 5.74) is 7.78. The molecule has 1 fully saturated rings. The number of hydrogen-bond donors (Lipinski definition) is 1. The van der Waals surface area contributed by atoms with Crippen LogP contribution in [0.1, 0.15) is 18.9 Å². The monoisotopic (exact) mass is 595 g/mol. The minimum Gasteiger partial charge on any atom is -0.479 e. The summed E-state index contributed by atoms with van der Waals surface area (Å²) in [5.74, 6) is 2.69. The summed E-state index contributed by atoms with van der Waals surface area (Å²) in [6, 6.07) is 9.51. The molecule has 0 bridgehead atoms. The lowest BCUT2D eigenvalue weighted by Gasteiger charge is -2.22. The van der Waals surface area contributed by atoms with Crippen molar-refractivity contribution in [3.8, 4) is 40.4 Å². The number of ether oxygens (including phenoxy) is 5. The fourth-order valence-corrected chi connectivity index (χ4v) is 6.41. The number of phosphoric acid groups is 1. The van der Waals surface area contributed by atoms with Crippen LogP contribution in [0.4, 0.5) is 5.95 Å². The second kappa shape index (κ2) is 10.3. The number of imidazole rings is 1. The maximum Gasteiger partial charge on any atom is 0.587 e. The predicted octanol–water partition coefficient (Wildman–Crippen LogP) is 4.66. The van der Waals surface area contributed by atoms with E-state index in [1.54, 1.807) is 42.7 Å². The van der Waals surface area contributed by atoms with E-state index >= 15 is 0 Å². The number of nitrogens with two attached hydrogens (primary N) is 1. The molecule has 218 valence electrons. The number of nitrogen functional groups attached to an aromatic ring is 1. The first-order valence-corrected chi connectivity index (χ1v) is 14.5. The van der Waals surface area contributed by atoms with Crippen molar-refractivity contribution in [2.24, 2.45) is 5.92 Å². The Hall–Kier alpha value is -4.68. The molecule has 1 saturated carbocycles. The molecule has 15 heteroatoms. The van der Waals surface area contributed by atoms with Crippen molar-refractivity contribution in [1.29, 1.82) is 0 Å². The third-order valence-corrected chi connectivity index (χ3v) is 8.57. The van der Waals surface area contributed by atoms with Gasteiger partial charge in [-0.05, 0) is 42.7 Å². The van der Waals surface area contributed by atoms with Gasteiger partial charge in [-0.2, -0.15) is 9.97 Å². The van der Waals surface area contributed by atoms with E-state index in [2.05, 4.69) is 21.5 Å². The van der Waals surface area contributed by atoms with Gasteiger partial charge in [-0.1, -0.05) is 6.58 Å². The van der Waals surface area contributed by atoms with E-state index in [4.69, 9.17) is 43.0 Å². The van der Waals surface area contributed by atoms with Crippen molar-refractivity contribution >= 4 is 24.9 Å². The molecule has 2 aliphatic heterocycles. The molecule has 42 heavy (non-hydrogen) atoms. The highest BCUT2D eigenvalue weighted by molar-refractivity contribution is 7.49. The summed E-state index contributed by atoms with van der Waals surface area (Å²) in [6.07, 6.45) is 3.09. The van der Waals surface area contributed by atoms with Crippen molar-refractivity contribution < 1.29 is 41.8 Å². The smallest absolute Gasteiger partial charge is 0.479 e. The molecule has 2 aromatic carbocycles. The van der Waals surface area contributed by atoms with Crippen LogP contribution in [-0.2, 0) is 9.09 Å². The van der Waals surface area contributed by atoms with E-state index in [1.807, 2.05) is 4.57 Å². The standard InChI is InChI=1S/C27H26N5O9P/c1-15-16(3-6-19(15)32-12-29-24-25(32)30-27(28)31-26(24)34-2)11-39-42(33,40-17-4-7-20-22(9-17)37-13-35-20)41-18-5-8-21-23(10-18)38-14-36-21/h4-5,7-10,12,16,19H,1,3,6,11,13-14H2,2H3,(H2,28,30,31). The maximum absolute atomic E-state index is 14.1. The summed E-state index contributed by atoms with van der Waals surface area (Å²) < 4.78 is 60.6. The van der Waals surface area contributed by atoms with Gasteiger partial charge < -0.3 is 43.0 Å². The first-order valence-electron chi connectivity index (χ1n) is 13.0. The van der Waals surface area contributed by atoms with Gasteiger partial charge in [-0.15, -0.1) is 0 Å². The fourth-order valence-electron chi connectivity index (χ4n) is 5.17. The molecule has 0 spiro atoms. The number of anilines is 1. The van der Waals surface area contributed by atoms with Gasteiger partial charge in [-0.3, -0.25) is 4.52 Å². The molecular formula is C27H26N5O9P. The van der Waals surface area contributed by atoms with Gasteiger partial charge in [0.15, 0.2) is 34.2 Å². The molecule has 0 saturated heterocycles. The first-order chi connectivity index (χ1) is 20.4. The van der Waals surface area contributed by atoms with E-state index in [1.165, 1.54) is 7.11 Å². The number of rotatable bonds is 9. The largest absolute Gasteiger partial charge is 0.587 e. The lowest BCUT2D eigenvalue weighted by molar-refractivity contribution is 0.173. The Morgan fingerprint density at radius 2 is 1.62 bits per heavy atom.